The van der Waals surface area contributed by atoms with Crippen molar-refractivity contribution in [3.63, 3.8) is 0 Å². The van der Waals surface area contributed by atoms with E-state index in [9.17, 15) is 0 Å². The minimum atomic E-state index is -0.129. The Morgan fingerprint density at radius 3 is 2.74 bits per heavy atom. The molecule has 0 aliphatic heterocycles. The fourth-order valence-electron chi connectivity index (χ4n) is 1.56. The maximum atomic E-state index is 7.47. The number of aromatic nitrogens is 2. The van der Waals surface area contributed by atoms with Crippen LogP contribution in [0.15, 0.2) is 30.5 Å². The van der Waals surface area contributed by atoms with Crippen LogP contribution in [0.5, 0.6) is 17.4 Å². The van der Waals surface area contributed by atoms with Gasteiger partial charge >= 0.3 is 0 Å². The van der Waals surface area contributed by atoms with E-state index in [0.29, 0.717) is 17.1 Å². The first-order chi connectivity index (χ1) is 9.11. The van der Waals surface area contributed by atoms with Gasteiger partial charge in [0.05, 0.1) is 18.9 Å². The average Bonchev–Trinajstić information content (AvgIpc) is 2.41. The Hall–Kier alpha value is -2.63. The quantitative estimate of drug-likeness (QED) is 0.645. The van der Waals surface area contributed by atoms with Gasteiger partial charge in [-0.1, -0.05) is 6.07 Å². The number of aryl methyl sites for hydroxylation is 1. The highest BCUT2D eigenvalue weighted by Gasteiger charge is 2.12. The number of nitrogens with two attached hydrogens (primary N) is 1. The van der Waals surface area contributed by atoms with Gasteiger partial charge in [0.1, 0.15) is 5.84 Å². The summed E-state index contributed by atoms with van der Waals surface area (Å²) in [6.45, 7) is 1.95. The van der Waals surface area contributed by atoms with Crippen molar-refractivity contribution in [2.75, 3.05) is 7.11 Å². The van der Waals surface area contributed by atoms with Gasteiger partial charge in [0.2, 0.25) is 5.88 Å². The summed E-state index contributed by atoms with van der Waals surface area (Å²) in [5, 5.41) is 15.0. The fraction of sp³-hybridized carbons (Fsp3) is 0.154. The summed E-state index contributed by atoms with van der Waals surface area (Å²) in [5.74, 6) is 1.13. The third-order valence-electron chi connectivity index (χ3n) is 2.50. The molecule has 6 nitrogen and oxygen atoms in total. The minimum Gasteiger partial charge on any atom is -0.493 e. The molecular weight excluding hydrogens is 244 g/mol. The molecule has 1 aromatic heterocycles. The topological polar surface area (TPSA) is 94.1 Å². The van der Waals surface area contributed by atoms with E-state index in [-0.39, 0.29) is 11.7 Å². The van der Waals surface area contributed by atoms with Gasteiger partial charge in [-0.25, -0.2) is 0 Å². The Labute approximate surface area is 110 Å². The van der Waals surface area contributed by atoms with E-state index in [1.54, 1.807) is 19.2 Å². The molecule has 0 spiro atoms. The van der Waals surface area contributed by atoms with Crippen molar-refractivity contribution in [2.24, 2.45) is 5.73 Å². The number of rotatable bonds is 4. The number of nitrogens with zero attached hydrogens (tertiary/aromatic N) is 2. The van der Waals surface area contributed by atoms with Crippen LogP contribution < -0.4 is 15.2 Å². The lowest BCUT2D eigenvalue weighted by molar-refractivity contribution is 0.371. The van der Waals surface area contributed by atoms with Gasteiger partial charge in [-0.2, -0.15) is 5.10 Å². The molecule has 0 saturated carbocycles. The molecule has 19 heavy (non-hydrogen) atoms. The predicted molar refractivity (Wildman–Crippen MR) is 70.9 cm³/mol. The van der Waals surface area contributed by atoms with Crippen LogP contribution >= 0.6 is 0 Å². The summed E-state index contributed by atoms with van der Waals surface area (Å²) >= 11 is 0. The van der Waals surface area contributed by atoms with Crippen LogP contribution in [0, 0.1) is 12.3 Å². The number of nitrogens with one attached hydrogen (secondary N) is 1. The highest BCUT2D eigenvalue weighted by molar-refractivity contribution is 5.96. The zero-order valence-corrected chi connectivity index (χ0v) is 10.7. The highest BCUT2D eigenvalue weighted by Crippen LogP contribution is 2.32. The first-order valence-electron chi connectivity index (χ1n) is 5.60. The van der Waals surface area contributed by atoms with Crippen LogP contribution in [-0.2, 0) is 0 Å². The van der Waals surface area contributed by atoms with E-state index >= 15 is 0 Å². The summed E-state index contributed by atoms with van der Waals surface area (Å²) in [4.78, 5) is 0. The molecule has 98 valence electrons. The normalized spacial score (nSPS) is 10.0. The molecule has 1 aromatic carbocycles. The lowest BCUT2D eigenvalue weighted by Gasteiger charge is -2.11. The highest BCUT2D eigenvalue weighted by atomic mass is 16.5. The molecule has 0 atom stereocenters. The van der Waals surface area contributed by atoms with E-state index in [0.717, 1.165) is 5.56 Å². The lowest BCUT2D eigenvalue weighted by Crippen LogP contribution is -2.13. The molecule has 0 aliphatic carbocycles. The number of hydrogen-bond donors (Lipinski definition) is 2. The largest absolute Gasteiger partial charge is 0.493 e. The van der Waals surface area contributed by atoms with E-state index in [2.05, 4.69) is 10.2 Å². The molecule has 1 heterocycles. The Balaban J connectivity index is 2.39. The number of benzene rings is 1. The molecule has 0 bridgehead atoms. The number of hydrogen-bond acceptors (Lipinski definition) is 5. The standard InChI is InChI=1S/C13H14N4O2/c1-8-3-4-10(11(7-8)18-2)19-13-9(12(14)15)5-6-16-17-13/h3-7H,1-2H3,(H3,14,15). The van der Waals surface area contributed by atoms with Gasteiger partial charge in [-0.15, -0.1) is 5.10 Å². The molecule has 0 radical (unpaired) electrons. The van der Waals surface area contributed by atoms with Crippen molar-refractivity contribution >= 4 is 5.84 Å². The Kier molecular flexibility index (Phi) is 3.61. The maximum Gasteiger partial charge on any atom is 0.250 e. The average molecular weight is 258 g/mol. The van der Waals surface area contributed by atoms with E-state index in [1.165, 1.54) is 6.20 Å². The van der Waals surface area contributed by atoms with Crippen LogP contribution in [0.2, 0.25) is 0 Å². The molecular formula is C13H14N4O2. The summed E-state index contributed by atoms with van der Waals surface area (Å²) in [6, 6.07) is 7.08. The summed E-state index contributed by atoms with van der Waals surface area (Å²) < 4.78 is 10.9. The van der Waals surface area contributed by atoms with Crippen molar-refractivity contribution in [3.8, 4) is 17.4 Å². The van der Waals surface area contributed by atoms with Gasteiger partial charge in [0.15, 0.2) is 11.5 Å². The first kappa shape index (κ1) is 12.8. The number of amidine groups is 1. The monoisotopic (exact) mass is 258 g/mol. The molecule has 6 heteroatoms. The van der Waals surface area contributed by atoms with Gasteiger partial charge in [0, 0.05) is 0 Å². The summed E-state index contributed by atoms with van der Waals surface area (Å²) in [7, 11) is 1.56. The van der Waals surface area contributed by atoms with Gasteiger partial charge < -0.3 is 15.2 Å². The second-order valence-electron chi connectivity index (χ2n) is 3.92. The molecule has 3 N–H and O–H groups in total. The Bertz CT molecular complexity index is 613. The third-order valence-corrected chi connectivity index (χ3v) is 2.50. The third kappa shape index (κ3) is 2.79. The molecule has 2 aromatic rings. The second kappa shape index (κ2) is 5.34. The Morgan fingerprint density at radius 2 is 2.05 bits per heavy atom. The first-order valence-corrected chi connectivity index (χ1v) is 5.60. The molecule has 2 rings (SSSR count). The smallest absolute Gasteiger partial charge is 0.250 e. The number of ether oxygens (including phenoxy) is 2. The van der Waals surface area contributed by atoms with Crippen molar-refractivity contribution < 1.29 is 9.47 Å². The van der Waals surface area contributed by atoms with E-state index < -0.39 is 0 Å². The van der Waals surface area contributed by atoms with Crippen LogP contribution in [0.3, 0.4) is 0 Å². The van der Waals surface area contributed by atoms with Gasteiger partial charge in [-0.3, -0.25) is 5.41 Å². The van der Waals surface area contributed by atoms with Crippen LogP contribution in [0.1, 0.15) is 11.1 Å². The minimum absolute atomic E-state index is 0.129. The lowest BCUT2D eigenvalue weighted by atomic mass is 10.2. The zero-order valence-electron chi connectivity index (χ0n) is 10.7. The van der Waals surface area contributed by atoms with Crippen molar-refractivity contribution in [1.82, 2.24) is 10.2 Å². The molecule has 0 fully saturated rings. The Morgan fingerprint density at radius 1 is 1.26 bits per heavy atom. The molecule has 0 aliphatic rings. The maximum absolute atomic E-state index is 7.47. The molecule has 0 amide bonds. The summed E-state index contributed by atoms with van der Waals surface area (Å²) in [5.41, 5.74) is 6.90. The SMILES string of the molecule is COc1cc(C)ccc1Oc1nnccc1C(=N)N. The zero-order chi connectivity index (χ0) is 13.8. The predicted octanol–water partition coefficient (Wildman–Crippen LogP) is 1.87. The molecule has 0 unspecified atom stereocenters. The summed E-state index contributed by atoms with van der Waals surface area (Å²) in [6.07, 6.45) is 1.45. The van der Waals surface area contributed by atoms with Crippen molar-refractivity contribution in [3.05, 3.63) is 41.6 Å². The van der Waals surface area contributed by atoms with Gasteiger partial charge in [0.25, 0.3) is 0 Å². The number of nitrogen functional groups attached to an aromatic ring is 1. The second-order valence-corrected chi connectivity index (χ2v) is 3.92. The molecule has 0 saturated heterocycles. The van der Waals surface area contributed by atoms with Crippen molar-refractivity contribution in [1.29, 1.82) is 5.41 Å². The van der Waals surface area contributed by atoms with E-state index in [4.69, 9.17) is 20.6 Å². The van der Waals surface area contributed by atoms with Crippen LogP contribution in [-0.4, -0.2) is 23.1 Å². The van der Waals surface area contributed by atoms with Gasteiger partial charge in [-0.05, 0) is 30.7 Å². The number of methoxy groups -OCH3 is 1. The van der Waals surface area contributed by atoms with Crippen molar-refractivity contribution in [2.45, 2.75) is 6.92 Å². The van der Waals surface area contributed by atoms with Crippen LogP contribution in [0.25, 0.3) is 0 Å². The van der Waals surface area contributed by atoms with E-state index in [1.807, 2.05) is 19.1 Å². The fourth-order valence-corrected chi connectivity index (χ4v) is 1.56. The van der Waals surface area contributed by atoms with Crippen LogP contribution in [0.4, 0.5) is 0 Å².